The molecule has 126 valence electrons. The number of hydrogen-bond donors (Lipinski definition) is 1. The SMILES string of the molecule is NC(=O)[C@@H]1CCCN1c1ccc(S(=O)(=O)N2CCOCC2)cn1. The van der Waals surface area contributed by atoms with Crippen molar-refractivity contribution in [1.82, 2.24) is 9.29 Å². The molecular formula is C14H20N4O4S. The first-order chi connectivity index (χ1) is 11.0. The first-order valence-corrected chi connectivity index (χ1v) is 9.04. The summed E-state index contributed by atoms with van der Waals surface area (Å²) in [7, 11) is -3.55. The van der Waals surface area contributed by atoms with E-state index in [2.05, 4.69) is 4.98 Å². The second-order valence-electron chi connectivity index (χ2n) is 5.62. The molecule has 0 aromatic carbocycles. The molecule has 0 unspecified atom stereocenters. The van der Waals surface area contributed by atoms with Crippen LogP contribution in [-0.2, 0) is 19.6 Å². The molecule has 1 atom stereocenters. The van der Waals surface area contributed by atoms with E-state index in [4.69, 9.17) is 10.5 Å². The molecule has 1 aromatic rings. The Balaban J connectivity index is 1.80. The number of ether oxygens (including phenoxy) is 1. The lowest BCUT2D eigenvalue weighted by atomic mass is 10.2. The quantitative estimate of drug-likeness (QED) is 0.796. The maximum atomic E-state index is 12.5. The molecule has 2 fully saturated rings. The van der Waals surface area contributed by atoms with E-state index < -0.39 is 10.0 Å². The predicted octanol–water partition coefficient (Wildman–Crippen LogP) is -0.443. The minimum absolute atomic E-state index is 0.151. The van der Waals surface area contributed by atoms with Gasteiger partial charge in [0.2, 0.25) is 15.9 Å². The third-order valence-corrected chi connectivity index (χ3v) is 6.09. The Kier molecular flexibility index (Phi) is 4.51. The average molecular weight is 340 g/mol. The van der Waals surface area contributed by atoms with E-state index in [1.807, 2.05) is 4.90 Å². The van der Waals surface area contributed by atoms with Crippen LogP contribution in [0.15, 0.2) is 23.2 Å². The summed E-state index contributed by atoms with van der Waals surface area (Å²) in [5.41, 5.74) is 5.40. The van der Waals surface area contributed by atoms with E-state index in [-0.39, 0.29) is 16.8 Å². The van der Waals surface area contributed by atoms with Crippen molar-refractivity contribution in [2.45, 2.75) is 23.8 Å². The minimum atomic E-state index is -3.55. The van der Waals surface area contributed by atoms with E-state index in [0.29, 0.717) is 45.1 Å². The highest BCUT2D eigenvalue weighted by Crippen LogP contribution is 2.25. The molecule has 0 radical (unpaired) electrons. The summed E-state index contributed by atoms with van der Waals surface area (Å²) in [6.07, 6.45) is 2.91. The highest BCUT2D eigenvalue weighted by Gasteiger charge is 2.31. The second-order valence-corrected chi connectivity index (χ2v) is 7.56. The van der Waals surface area contributed by atoms with Crippen molar-refractivity contribution in [3.8, 4) is 0 Å². The van der Waals surface area contributed by atoms with Crippen LogP contribution in [0, 0.1) is 0 Å². The van der Waals surface area contributed by atoms with Crippen LogP contribution in [-0.4, -0.2) is 62.5 Å². The topological polar surface area (TPSA) is 106 Å². The number of primary amides is 1. The Hall–Kier alpha value is -1.71. The van der Waals surface area contributed by atoms with Gasteiger partial charge in [0.05, 0.1) is 13.2 Å². The van der Waals surface area contributed by atoms with Crippen molar-refractivity contribution in [2.24, 2.45) is 5.73 Å². The summed E-state index contributed by atoms with van der Waals surface area (Å²) >= 11 is 0. The number of carbonyl (C=O) groups excluding carboxylic acids is 1. The zero-order valence-electron chi connectivity index (χ0n) is 12.7. The molecule has 3 rings (SSSR count). The number of amides is 1. The molecular weight excluding hydrogens is 320 g/mol. The maximum Gasteiger partial charge on any atom is 0.244 e. The van der Waals surface area contributed by atoms with Gasteiger partial charge in [-0.25, -0.2) is 13.4 Å². The molecule has 0 bridgehead atoms. The van der Waals surface area contributed by atoms with E-state index in [1.165, 1.54) is 16.6 Å². The Bertz CT molecular complexity index is 671. The van der Waals surface area contributed by atoms with E-state index in [0.717, 1.165) is 6.42 Å². The maximum absolute atomic E-state index is 12.5. The number of anilines is 1. The number of morpholine rings is 1. The Labute approximate surface area is 135 Å². The zero-order chi connectivity index (χ0) is 16.4. The Morgan fingerprint density at radius 3 is 2.61 bits per heavy atom. The molecule has 2 N–H and O–H groups in total. The molecule has 0 saturated carbocycles. The highest BCUT2D eigenvalue weighted by atomic mass is 32.2. The van der Waals surface area contributed by atoms with Crippen molar-refractivity contribution in [2.75, 3.05) is 37.7 Å². The third kappa shape index (κ3) is 3.17. The monoisotopic (exact) mass is 340 g/mol. The number of pyridine rings is 1. The van der Waals surface area contributed by atoms with Crippen molar-refractivity contribution in [3.05, 3.63) is 18.3 Å². The standard InChI is InChI=1S/C14H20N4O4S/c15-14(19)12-2-1-5-18(12)13-4-3-11(10-16-13)23(20,21)17-6-8-22-9-7-17/h3-4,10,12H,1-2,5-9H2,(H2,15,19)/t12-/m0/s1. The number of sulfonamides is 1. The van der Waals surface area contributed by atoms with Gasteiger partial charge in [-0.1, -0.05) is 0 Å². The molecule has 0 spiro atoms. The Morgan fingerprint density at radius 1 is 1.26 bits per heavy atom. The predicted molar refractivity (Wildman–Crippen MR) is 83.4 cm³/mol. The van der Waals surface area contributed by atoms with Crippen molar-refractivity contribution in [1.29, 1.82) is 0 Å². The summed E-state index contributed by atoms with van der Waals surface area (Å²) < 4.78 is 31.6. The van der Waals surface area contributed by atoms with Gasteiger partial charge < -0.3 is 15.4 Å². The third-order valence-electron chi connectivity index (χ3n) is 4.20. The lowest BCUT2D eigenvalue weighted by Gasteiger charge is -2.26. The van der Waals surface area contributed by atoms with Crippen LogP contribution >= 0.6 is 0 Å². The molecule has 0 aliphatic carbocycles. The van der Waals surface area contributed by atoms with E-state index >= 15 is 0 Å². The smallest absolute Gasteiger partial charge is 0.244 e. The second kappa shape index (κ2) is 6.42. The summed E-state index contributed by atoms with van der Waals surface area (Å²) in [5, 5.41) is 0. The van der Waals surface area contributed by atoms with Crippen molar-refractivity contribution in [3.63, 3.8) is 0 Å². The van der Waals surface area contributed by atoms with Gasteiger partial charge in [-0.3, -0.25) is 4.79 Å². The van der Waals surface area contributed by atoms with Crippen LogP contribution in [0.1, 0.15) is 12.8 Å². The normalized spacial score (nSPS) is 23.1. The lowest BCUT2D eigenvalue weighted by Crippen LogP contribution is -2.41. The van der Waals surface area contributed by atoms with Gasteiger partial charge in [-0.15, -0.1) is 0 Å². The van der Waals surface area contributed by atoms with Crippen LogP contribution in [0.5, 0.6) is 0 Å². The van der Waals surface area contributed by atoms with Gasteiger partial charge in [0, 0.05) is 25.8 Å². The largest absolute Gasteiger partial charge is 0.379 e. The molecule has 3 heterocycles. The molecule has 8 nitrogen and oxygen atoms in total. The van der Waals surface area contributed by atoms with E-state index in [9.17, 15) is 13.2 Å². The number of nitrogens with zero attached hydrogens (tertiary/aromatic N) is 3. The van der Waals surface area contributed by atoms with Crippen LogP contribution in [0.2, 0.25) is 0 Å². The van der Waals surface area contributed by atoms with Gasteiger partial charge in [0.15, 0.2) is 0 Å². The molecule has 9 heteroatoms. The summed E-state index contributed by atoms with van der Waals surface area (Å²) in [4.78, 5) is 17.7. The number of rotatable bonds is 4. The molecule has 1 aromatic heterocycles. The van der Waals surface area contributed by atoms with Gasteiger partial charge >= 0.3 is 0 Å². The molecule has 2 aliphatic rings. The zero-order valence-corrected chi connectivity index (χ0v) is 13.5. The van der Waals surface area contributed by atoms with Gasteiger partial charge in [-0.05, 0) is 25.0 Å². The van der Waals surface area contributed by atoms with Crippen LogP contribution in [0.3, 0.4) is 0 Å². The lowest BCUT2D eigenvalue weighted by molar-refractivity contribution is -0.119. The van der Waals surface area contributed by atoms with Gasteiger partial charge in [-0.2, -0.15) is 4.31 Å². The Morgan fingerprint density at radius 2 is 2.00 bits per heavy atom. The van der Waals surface area contributed by atoms with Crippen LogP contribution in [0.4, 0.5) is 5.82 Å². The average Bonchev–Trinajstić information content (AvgIpc) is 3.06. The number of hydrogen-bond acceptors (Lipinski definition) is 6. The van der Waals surface area contributed by atoms with Crippen LogP contribution in [0.25, 0.3) is 0 Å². The first kappa shape index (κ1) is 16.2. The van der Waals surface area contributed by atoms with Crippen molar-refractivity contribution >= 4 is 21.7 Å². The summed E-state index contributed by atoms with van der Waals surface area (Å²) in [6.45, 7) is 2.19. The summed E-state index contributed by atoms with van der Waals surface area (Å²) in [5.74, 6) is 0.196. The fraction of sp³-hybridized carbons (Fsp3) is 0.571. The first-order valence-electron chi connectivity index (χ1n) is 7.60. The van der Waals surface area contributed by atoms with Crippen LogP contribution < -0.4 is 10.6 Å². The molecule has 1 amide bonds. The molecule has 2 aliphatic heterocycles. The van der Waals surface area contributed by atoms with Gasteiger partial charge in [0.25, 0.3) is 0 Å². The number of nitrogens with two attached hydrogens (primary N) is 1. The molecule has 23 heavy (non-hydrogen) atoms. The van der Waals surface area contributed by atoms with Crippen molar-refractivity contribution < 1.29 is 17.9 Å². The molecule has 2 saturated heterocycles. The minimum Gasteiger partial charge on any atom is -0.379 e. The fourth-order valence-corrected chi connectivity index (χ4v) is 4.32. The van der Waals surface area contributed by atoms with Gasteiger partial charge in [0.1, 0.15) is 16.8 Å². The number of aromatic nitrogens is 1. The number of carbonyl (C=O) groups is 1. The summed E-state index contributed by atoms with van der Waals surface area (Å²) in [6, 6.07) is 2.79. The highest BCUT2D eigenvalue weighted by molar-refractivity contribution is 7.89. The fourth-order valence-electron chi connectivity index (χ4n) is 2.97. The van der Waals surface area contributed by atoms with E-state index in [1.54, 1.807) is 6.07 Å².